The zero-order valence-electron chi connectivity index (χ0n) is 15.8. The van der Waals surface area contributed by atoms with Gasteiger partial charge in [0.15, 0.2) is 0 Å². The zero-order chi connectivity index (χ0) is 18.4. The van der Waals surface area contributed by atoms with Crippen LogP contribution in [0, 0.1) is 0 Å². The SMILES string of the molecule is CCC(O)(c1ccc(OC)cc1)C(CN(C)C)c1ccc(OC)cc1. The first-order valence-electron chi connectivity index (χ1n) is 8.60. The van der Waals surface area contributed by atoms with E-state index < -0.39 is 5.60 Å². The van der Waals surface area contributed by atoms with Crippen LogP contribution in [0.15, 0.2) is 48.5 Å². The van der Waals surface area contributed by atoms with E-state index in [2.05, 4.69) is 4.90 Å². The number of hydrogen-bond donors (Lipinski definition) is 1. The van der Waals surface area contributed by atoms with E-state index in [1.807, 2.05) is 69.6 Å². The molecule has 0 aromatic heterocycles. The second-order valence-corrected chi connectivity index (χ2v) is 6.59. The third kappa shape index (κ3) is 4.33. The number of aliphatic hydroxyl groups is 1. The highest BCUT2D eigenvalue weighted by molar-refractivity contribution is 5.37. The largest absolute Gasteiger partial charge is 0.497 e. The van der Waals surface area contributed by atoms with Crippen LogP contribution in [0.5, 0.6) is 11.5 Å². The lowest BCUT2D eigenvalue weighted by atomic mass is 9.75. The minimum atomic E-state index is -0.967. The quantitative estimate of drug-likeness (QED) is 0.794. The summed E-state index contributed by atoms with van der Waals surface area (Å²) in [4.78, 5) is 2.11. The molecule has 0 saturated carbocycles. The highest BCUT2D eigenvalue weighted by Gasteiger charge is 2.38. The summed E-state index contributed by atoms with van der Waals surface area (Å²) in [6, 6.07) is 15.7. The molecular formula is C21H29NO3. The molecule has 0 aliphatic rings. The lowest BCUT2D eigenvalue weighted by Gasteiger charge is -2.38. The maximum Gasteiger partial charge on any atom is 0.118 e. The van der Waals surface area contributed by atoms with Gasteiger partial charge >= 0.3 is 0 Å². The fourth-order valence-electron chi connectivity index (χ4n) is 3.26. The molecule has 0 aliphatic heterocycles. The molecule has 2 atom stereocenters. The molecule has 0 bridgehead atoms. The van der Waals surface area contributed by atoms with Gasteiger partial charge in [-0.1, -0.05) is 31.2 Å². The standard InChI is InChI=1S/C21H29NO3/c1-6-21(23,17-9-13-19(25-5)14-10-17)20(15-22(2)3)16-7-11-18(24-4)12-8-16/h7-14,20,23H,6,15H2,1-5H3. The van der Waals surface area contributed by atoms with Crippen molar-refractivity contribution in [2.24, 2.45) is 0 Å². The van der Waals surface area contributed by atoms with E-state index in [-0.39, 0.29) is 5.92 Å². The van der Waals surface area contributed by atoms with Crippen LogP contribution in [-0.4, -0.2) is 44.9 Å². The summed E-state index contributed by atoms with van der Waals surface area (Å²) in [5, 5.41) is 11.6. The van der Waals surface area contributed by atoms with Gasteiger partial charge in [0.05, 0.1) is 19.8 Å². The summed E-state index contributed by atoms with van der Waals surface area (Å²) in [6.45, 7) is 2.76. The summed E-state index contributed by atoms with van der Waals surface area (Å²) in [5.41, 5.74) is 1.03. The molecule has 4 nitrogen and oxygen atoms in total. The Balaban J connectivity index is 2.46. The Bertz CT molecular complexity index is 652. The van der Waals surface area contributed by atoms with E-state index in [4.69, 9.17) is 9.47 Å². The van der Waals surface area contributed by atoms with E-state index in [9.17, 15) is 5.11 Å². The third-order valence-corrected chi connectivity index (χ3v) is 4.77. The number of benzene rings is 2. The molecule has 2 rings (SSSR count). The number of rotatable bonds is 8. The van der Waals surface area contributed by atoms with Crippen LogP contribution in [0.1, 0.15) is 30.4 Å². The number of nitrogens with zero attached hydrogens (tertiary/aromatic N) is 1. The first-order chi connectivity index (χ1) is 11.9. The monoisotopic (exact) mass is 343 g/mol. The first-order valence-corrected chi connectivity index (χ1v) is 8.60. The molecule has 2 aromatic carbocycles. The molecule has 1 N–H and O–H groups in total. The Labute approximate surface area is 151 Å². The number of ether oxygens (including phenoxy) is 2. The van der Waals surface area contributed by atoms with E-state index in [1.165, 1.54) is 0 Å². The topological polar surface area (TPSA) is 41.9 Å². The average molecular weight is 343 g/mol. The second kappa shape index (κ2) is 8.37. The van der Waals surface area contributed by atoms with Crippen molar-refractivity contribution < 1.29 is 14.6 Å². The smallest absolute Gasteiger partial charge is 0.118 e. The summed E-state index contributed by atoms with van der Waals surface area (Å²) in [6.07, 6.45) is 0.615. The van der Waals surface area contributed by atoms with Crippen molar-refractivity contribution in [3.63, 3.8) is 0 Å². The molecule has 136 valence electrons. The van der Waals surface area contributed by atoms with Gasteiger partial charge in [-0.15, -0.1) is 0 Å². The Morgan fingerprint density at radius 3 is 1.80 bits per heavy atom. The molecule has 0 amide bonds. The maximum absolute atomic E-state index is 11.6. The van der Waals surface area contributed by atoms with Gasteiger partial charge in [0.25, 0.3) is 0 Å². The van der Waals surface area contributed by atoms with Crippen molar-refractivity contribution in [3.8, 4) is 11.5 Å². The first kappa shape index (κ1) is 19.3. The molecule has 0 heterocycles. The molecule has 2 aromatic rings. The predicted molar refractivity (Wildman–Crippen MR) is 101 cm³/mol. The number of hydrogen-bond acceptors (Lipinski definition) is 4. The van der Waals surface area contributed by atoms with Crippen molar-refractivity contribution in [2.75, 3.05) is 34.9 Å². The molecule has 2 unspecified atom stereocenters. The minimum Gasteiger partial charge on any atom is -0.497 e. The van der Waals surface area contributed by atoms with Crippen LogP contribution in [0.4, 0.5) is 0 Å². The van der Waals surface area contributed by atoms with Crippen LogP contribution >= 0.6 is 0 Å². The highest BCUT2D eigenvalue weighted by atomic mass is 16.5. The summed E-state index contributed by atoms with van der Waals surface area (Å²) >= 11 is 0. The molecule has 0 spiro atoms. The van der Waals surface area contributed by atoms with Crippen LogP contribution in [0.3, 0.4) is 0 Å². The summed E-state index contributed by atoms with van der Waals surface area (Å²) in [7, 11) is 7.36. The lowest BCUT2D eigenvalue weighted by molar-refractivity contribution is -0.00470. The van der Waals surface area contributed by atoms with Crippen LogP contribution in [0.2, 0.25) is 0 Å². The minimum absolute atomic E-state index is 0.0631. The van der Waals surface area contributed by atoms with E-state index in [1.54, 1.807) is 14.2 Å². The maximum atomic E-state index is 11.6. The van der Waals surface area contributed by atoms with Crippen molar-refractivity contribution in [1.82, 2.24) is 4.90 Å². The predicted octanol–water partition coefficient (Wildman–Crippen LogP) is 3.65. The van der Waals surface area contributed by atoms with Gasteiger partial charge < -0.3 is 19.5 Å². The third-order valence-electron chi connectivity index (χ3n) is 4.77. The molecule has 0 aliphatic carbocycles. The van der Waals surface area contributed by atoms with Crippen LogP contribution in [-0.2, 0) is 5.60 Å². The van der Waals surface area contributed by atoms with Gasteiger partial charge in [-0.25, -0.2) is 0 Å². The fraction of sp³-hybridized carbons (Fsp3) is 0.429. The fourth-order valence-corrected chi connectivity index (χ4v) is 3.26. The van der Waals surface area contributed by atoms with Gasteiger partial charge in [0.1, 0.15) is 11.5 Å². The van der Waals surface area contributed by atoms with Crippen LogP contribution < -0.4 is 9.47 Å². The Morgan fingerprint density at radius 1 is 0.920 bits per heavy atom. The van der Waals surface area contributed by atoms with Crippen molar-refractivity contribution >= 4 is 0 Å². The van der Waals surface area contributed by atoms with Gasteiger partial charge in [0.2, 0.25) is 0 Å². The van der Waals surface area contributed by atoms with Crippen molar-refractivity contribution in [1.29, 1.82) is 0 Å². The highest BCUT2D eigenvalue weighted by Crippen LogP contribution is 2.41. The van der Waals surface area contributed by atoms with E-state index in [0.717, 1.165) is 29.2 Å². The van der Waals surface area contributed by atoms with E-state index >= 15 is 0 Å². The Kier molecular flexibility index (Phi) is 6.45. The van der Waals surface area contributed by atoms with E-state index in [0.29, 0.717) is 6.42 Å². The molecule has 25 heavy (non-hydrogen) atoms. The normalized spacial score (nSPS) is 14.8. The Morgan fingerprint density at radius 2 is 1.40 bits per heavy atom. The van der Waals surface area contributed by atoms with Gasteiger partial charge in [-0.3, -0.25) is 0 Å². The Hall–Kier alpha value is -2.04. The van der Waals surface area contributed by atoms with Gasteiger partial charge in [-0.05, 0) is 55.9 Å². The molecule has 0 fully saturated rings. The zero-order valence-corrected chi connectivity index (χ0v) is 15.8. The van der Waals surface area contributed by atoms with Crippen molar-refractivity contribution in [3.05, 3.63) is 59.7 Å². The lowest BCUT2D eigenvalue weighted by Crippen LogP contribution is -2.38. The average Bonchev–Trinajstić information content (AvgIpc) is 2.65. The van der Waals surface area contributed by atoms with Crippen LogP contribution in [0.25, 0.3) is 0 Å². The van der Waals surface area contributed by atoms with Gasteiger partial charge in [-0.2, -0.15) is 0 Å². The van der Waals surface area contributed by atoms with Crippen molar-refractivity contribution in [2.45, 2.75) is 24.9 Å². The molecule has 0 radical (unpaired) electrons. The van der Waals surface area contributed by atoms with Gasteiger partial charge in [0, 0.05) is 12.5 Å². The molecule has 0 saturated heterocycles. The molecular weight excluding hydrogens is 314 g/mol. The summed E-state index contributed by atoms with van der Waals surface area (Å²) < 4.78 is 10.5. The summed E-state index contributed by atoms with van der Waals surface area (Å²) in [5.74, 6) is 1.54. The molecule has 4 heteroatoms. The second-order valence-electron chi connectivity index (χ2n) is 6.59. The number of likely N-dealkylation sites (N-methyl/N-ethyl adjacent to an activating group) is 1. The number of methoxy groups -OCH3 is 2.